The molecule has 6 heteroatoms. The van der Waals surface area contributed by atoms with E-state index in [2.05, 4.69) is 10.6 Å². The van der Waals surface area contributed by atoms with E-state index >= 15 is 0 Å². The molecule has 0 radical (unpaired) electrons. The van der Waals surface area contributed by atoms with Crippen LogP contribution in [-0.4, -0.2) is 32.0 Å². The van der Waals surface area contributed by atoms with Gasteiger partial charge in [0.15, 0.2) is 0 Å². The Morgan fingerprint density at radius 3 is 2.44 bits per heavy atom. The van der Waals surface area contributed by atoms with Gasteiger partial charge in [-0.05, 0) is 17.7 Å². The van der Waals surface area contributed by atoms with Gasteiger partial charge in [-0.15, -0.1) is 0 Å². The van der Waals surface area contributed by atoms with E-state index in [1.54, 1.807) is 31.3 Å². The smallest absolute Gasteiger partial charge is 0.233 e. The predicted octanol–water partition coefficient (Wildman–Crippen LogP) is 0.245. The first-order chi connectivity index (χ1) is 8.54. The van der Waals surface area contributed by atoms with Crippen molar-refractivity contribution in [3.63, 3.8) is 0 Å². The van der Waals surface area contributed by atoms with Crippen LogP contribution in [0, 0.1) is 0 Å². The summed E-state index contributed by atoms with van der Waals surface area (Å²) < 4.78 is 0. The SMILES string of the molecule is CNC(=O)CNC[C@@H](C(N)=O)c1ccc(Cl)cc1. The Morgan fingerprint density at radius 1 is 1.33 bits per heavy atom. The monoisotopic (exact) mass is 269 g/mol. The first kappa shape index (κ1) is 14.5. The maximum Gasteiger partial charge on any atom is 0.233 e. The number of carbonyl (C=O) groups is 2. The summed E-state index contributed by atoms with van der Waals surface area (Å²) in [5.74, 6) is -1.07. The number of nitrogens with one attached hydrogen (secondary N) is 2. The molecule has 0 aliphatic rings. The Hall–Kier alpha value is -1.59. The van der Waals surface area contributed by atoms with Crippen LogP contribution >= 0.6 is 11.6 Å². The molecule has 0 bridgehead atoms. The molecule has 98 valence electrons. The van der Waals surface area contributed by atoms with Crippen LogP contribution < -0.4 is 16.4 Å². The summed E-state index contributed by atoms with van der Waals surface area (Å²) in [5.41, 5.74) is 6.12. The van der Waals surface area contributed by atoms with Gasteiger partial charge in [0.1, 0.15) is 0 Å². The van der Waals surface area contributed by atoms with E-state index in [0.717, 1.165) is 5.56 Å². The van der Waals surface area contributed by atoms with Crippen LogP contribution in [0.2, 0.25) is 5.02 Å². The van der Waals surface area contributed by atoms with Crippen LogP contribution in [-0.2, 0) is 9.59 Å². The summed E-state index contributed by atoms with van der Waals surface area (Å²) in [6.07, 6.45) is 0. The number of nitrogens with two attached hydrogens (primary N) is 1. The Kier molecular flexibility index (Phi) is 5.61. The quantitative estimate of drug-likeness (QED) is 0.692. The van der Waals surface area contributed by atoms with Gasteiger partial charge in [0, 0.05) is 18.6 Å². The first-order valence-electron chi connectivity index (χ1n) is 5.50. The number of halogens is 1. The average Bonchev–Trinajstić information content (AvgIpc) is 2.35. The molecular weight excluding hydrogens is 254 g/mol. The predicted molar refractivity (Wildman–Crippen MR) is 70.3 cm³/mol. The standard InChI is InChI=1S/C12H16ClN3O2/c1-15-11(17)7-16-6-10(12(14)18)8-2-4-9(13)5-3-8/h2-5,10,16H,6-7H2,1H3,(H2,14,18)(H,15,17)/t10-/m1/s1. The summed E-state index contributed by atoms with van der Waals surface area (Å²) in [5, 5.41) is 5.96. The number of rotatable bonds is 6. The van der Waals surface area contributed by atoms with Gasteiger partial charge in [0.25, 0.3) is 0 Å². The van der Waals surface area contributed by atoms with Crippen LogP contribution in [0.4, 0.5) is 0 Å². The molecule has 5 nitrogen and oxygen atoms in total. The molecule has 18 heavy (non-hydrogen) atoms. The van der Waals surface area contributed by atoms with Crippen molar-refractivity contribution in [2.24, 2.45) is 5.73 Å². The van der Waals surface area contributed by atoms with Gasteiger partial charge in [-0.25, -0.2) is 0 Å². The zero-order valence-corrected chi connectivity index (χ0v) is 10.8. The minimum absolute atomic E-state index is 0.144. The molecule has 0 unspecified atom stereocenters. The maximum absolute atomic E-state index is 11.4. The van der Waals surface area contributed by atoms with Crippen molar-refractivity contribution in [1.82, 2.24) is 10.6 Å². The van der Waals surface area contributed by atoms with Gasteiger partial charge in [-0.1, -0.05) is 23.7 Å². The molecule has 0 saturated carbocycles. The minimum Gasteiger partial charge on any atom is -0.369 e. The van der Waals surface area contributed by atoms with Crippen LogP contribution in [0.1, 0.15) is 11.5 Å². The van der Waals surface area contributed by atoms with Gasteiger partial charge < -0.3 is 16.4 Å². The average molecular weight is 270 g/mol. The number of hydrogen-bond acceptors (Lipinski definition) is 3. The second kappa shape index (κ2) is 6.98. The van der Waals surface area contributed by atoms with Gasteiger partial charge in [-0.2, -0.15) is 0 Å². The molecule has 1 aromatic carbocycles. The number of carbonyl (C=O) groups excluding carboxylic acids is 2. The zero-order valence-electron chi connectivity index (χ0n) is 10.1. The lowest BCUT2D eigenvalue weighted by atomic mass is 9.98. The Morgan fingerprint density at radius 2 is 1.94 bits per heavy atom. The van der Waals surface area contributed by atoms with Crippen molar-refractivity contribution in [2.45, 2.75) is 5.92 Å². The summed E-state index contributed by atoms with van der Waals surface area (Å²) >= 11 is 5.78. The van der Waals surface area contributed by atoms with E-state index in [0.29, 0.717) is 11.6 Å². The number of hydrogen-bond donors (Lipinski definition) is 3. The highest BCUT2D eigenvalue weighted by atomic mass is 35.5. The molecule has 1 atom stereocenters. The number of primary amides is 1. The summed E-state index contributed by atoms with van der Waals surface area (Å²) in [6, 6.07) is 6.90. The molecule has 0 heterocycles. The second-order valence-corrected chi connectivity index (χ2v) is 4.25. The molecule has 0 spiro atoms. The number of amides is 2. The van der Waals surface area contributed by atoms with E-state index in [4.69, 9.17) is 17.3 Å². The van der Waals surface area contributed by atoms with E-state index in [-0.39, 0.29) is 12.5 Å². The number of benzene rings is 1. The van der Waals surface area contributed by atoms with Crippen molar-refractivity contribution < 1.29 is 9.59 Å². The minimum atomic E-state index is -0.480. The fourth-order valence-corrected chi connectivity index (χ4v) is 1.62. The summed E-state index contributed by atoms with van der Waals surface area (Å²) in [6.45, 7) is 0.457. The molecule has 2 amide bonds. The third-order valence-corrected chi connectivity index (χ3v) is 2.78. The third kappa shape index (κ3) is 4.35. The van der Waals surface area contributed by atoms with Crippen molar-refractivity contribution >= 4 is 23.4 Å². The van der Waals surface area contributed by atoms with Crippen molar-refractivity contribution in [3.05, 3.63) is 34.9 Å². The van der Waals surface area contributed by atoms with Crippen molar-refractivity contribution in [2.75, 3.05) is 20.1 Å². The lowest BCUT2D eigenvalue weighted by Crippen LogP contribution is -2.37. The van der Waals surface area contributed by atoms with Gasteiger partial charge in [-0.3, -0.25) is 9.59 Å². The van der Waals surface area contributed by atoms with Gasteiger partial charge >= 0.3 is 0 Å². The highest BCUT2D eigenvalue weighted by Crippen LogP contribution is 2.17. The highest BCUT2D eigenvalue weighted by molar-refractivity contribution is 6.30. The molecule has 0 saturated heterocycles. The molecule has 4 N–H and O–H groups in total. The summed E-state index contributed by atoms with van der Waals surface area (Å²) in [4.78, 5) is 22.4. The number of likely N-dealkylation sites (N-methyl/N-ethyl adjacent to an activating group) is 1. The Bertz CT molecular complexity index is 420. The third-order valence-electron chi connectivity index (χ3n) is 2.53. The fraction of sp³-hybridized carbons (Fsp3) is 0.333. The van der Waals surface area contributed by atoms with Crippen LogP contribution in [0.25, 0.3) is 0 Å². The normalized spacial score (nSPS) is 11.9. The summed E-state index contributed by atoms with van der Waals surface area (Å²) in [7, 11) is 1.55. The largest absolute Gasteiger partial charge is 0.369 e. The second-order valence-electron chi connectivity index (χ2n) is 3.81. The molecule has 1 aromatic rings. The van der Waals surface area contributed by atoms with Crippen LogP contribution in [0.15, 0.2) is 24.3 Å². The molecule has 1 rings (SSSR count). The molecule has 0 aromatic heterocycles. The molecule has 0 aliphatic carbocycles. The van der Waals surface area contributed by atoms with Gasteiger partial charge in [0.2, 0.25) is 11.8 Å². The van der Waals surface area contributed by atoms with E-state index < -0.39 is 11.8 Å². The van der Waals surface area contributed by atoms with E-state index in [1.165, 1.54) is 0 Å². The Balaban J connectivity index is 2.63. The molecular formula is C12H16ClN3O2. The lowest BCUT2D eigenvalue weighted by Gasteiger charge is -2.14. The molecule has 0 aliphatic heterocycles. The molecule has 0 fully saturated rings. The van der Waals surface area contributed by atoms with Crippen molar-refractivity contribution in [1.29, 1.82) is 0 Å². The maximum atomic E-state index is 11.4. The zero-order chi connectivity index (χ0) is 13.5. The van der Waals surface area contributed by atoms with Crippen molar-refractivity contribution in [3.8, 4) is 0 Å². The van der Waals surface area contributed by atoms with Crippen LogP contribution in [0.3, 0.4) is 0 Å². The van der Waals surface area contributed by atoms with E-state index in [9.17, 15) is 9.59 Å². The fourth-order valence-electron chi connectivity index (χ4n) is 1.50. The topological polar surface area (TPSA) is 84.2 Å². The lowest BCUT2D eigenvalue weighted by molar-refractivity contribution is -0.121. The van der Waals surface area contributed by atoms with E-state index in [1.807, 2.05) is 0 Å². The van der Waals surface area contributed by atoms with Gasteiger partial charge in [0.05, 0.1) is 12.5 Å². The van der Waals surface area contributed by atoms with Crippen LogP contribution in [0.5, 0.6) is 0 Å². The first-order valence-corrected chi connectivity index (χ1v) is 5.88. The Labute approximate surface area is 111 Å². The highest BCUT2D eigenvalue weighted by Gasteiger charge is 2.17.